The molecule has 0 saturated heterocycles. The fourth-order valence-electron chi connectivity index (χ4n) is 1.72. The number of hydrogen-bond donors (Lipinski definition) is 0. The van der Waals surface area contributed by atoms with E-state index in [1.54, 1.807) is 0 Å². The van der Waals surface area contributed by atoms with Gasteiger partial charge in [0.1, 0.15) is 5.71 Å². The van der Waals surface area contributed by atoms with E-state index >= 15 is 0 Å². The SMILES string of the molecule is CC.CC.CC1N=C[N+]2=C1CCCC2. The smallest absolute Gasteiger partial charge is 0.234 e. The van der Waals surface area contributed by atoms with E-state index in [0.29, 0.717) is 6.04 Å². The Labute approximate surface area is 88.8 Å². The third-order valence-corrected chi connectivity index (χ3v) is 2.36. The van der Waals surface area contributed by atoms with Crippen LogP contribution in [-0.4, -0.2) is 29.2 Å². The van der Waals surface area contributed by atoms with Gasteiger partial charge in [0.05, 0.1) is 6.54 Å². The first kappa shape index (κ1) is 13.3. The summed E-state index contributed by atoms with van der Waals surface area (Å²) in [4.78, 5) is 4.34. The minimum Gasteiger partial charge on any atom is -0.234 e. The van der Waals surface area contributed by atoms with Gasteiger partial charge in [0.2, 0.25) is 0 Å². The third-order valence-electron chi connectivity index (χ3n) is 2.36. The second kappa shape index (κ2) is 7.72. The minimum absolute atomic E-state index is 0.472. The van der Waals surface area contributed by atoms with Crippen molar-refractivity contribution in [2.45, 2.75) is 59.9 Å². The zero-order chi connectivity index (χ0) is 11.0. The number of nitrogens with zero attached hydrogens (tertiary/aromatic N) is 2. The summed E-state index contributed by atoms with van der Waals surface area (Å²) >= 11 is 0. The van der Waals surface area contributed by atoms with Crippen LogP contribution in [0.3, 0.4) is 0 Å². The molecule has 2 aliphatic rings. The van der Waals surface area contributed by atoms with Crippen LogP contribution in [-0.2, 0) is 0 Å². The standard InChI is InChI=1S/C8H13N2.2C2H6/c1-7-8-4-2-3-5-10(8)6-9-7;2*1-2/h6-7H,2-5H2,1H3;2*1-2H3/q+1;;. The van der Waals surface area contributed by atoms with E-state index < -0.39 is 0 Å². The average molecular weight is 197 g/mol. The fourth-order valence-corrected chi connectivity index (χ4v) is 1.72. The van der Waals surface area contributed by atoms with Crippen LogP contribution in [0.2, 0.25) is 0 Å². The molecule has 0 aromatic rings. The molecule has 0 saturated carbocycles. The summed E-state index contributed by atoms with van der Waals surface area (Å²) in [6, 6.07) is 0.472. The largest absolute Gasteiger partial charge is 0.281 e. The molecule has 2 heteroatoms. The molecule has 0 aromatic heterocycles. The Bertz CT molecular complexity index is 204. The van der Waals surface area contributed by atoms with E-state index in [0.717, 1.165) is 0 Å². The summed E-state index contributed by atoms with van der Waals surface area (Å²) in [5.41, 5.74) is 1.53. The molecule has 0 N–H and O–H groups in total. The van der Waals surface area contributed by atoms with Crippen LogP contribution in [0.4, 0.5) is 0 Å². The maximum absolute atomic E-state index is 4.34. The van der Waals surface area contributed by atoms with E-state index in [9.17, 15) is 0 Å². The predicted molar refractivity (Wildman–Crippen MR) is 64.6 cm³/mol. The van der Waals surface area contributed by atoms with Gasteiger partial charge in [0.25, 0.3) is 6.34 Å². The summed E-state index contributed by atoms with van der Waals surface area (Å²) in [6.45, 7) is 11.4. The highest BCUT2D eigenvalue weighted by molar-refractivity contribution is 5.90. The average Bonchev–Trinajstić information content (AvgIpc) is 2.67. The predicted octanol–water partition coefficient (Wildman–Crippen LogP) is 3.11. The minimum atomic E-state index is 0.472. The number of aliphatic imine (C=N–C) groups is 1. The Balaban J connectivity index is 0.000000379. The van der Waals surface area contributed by atoms with E-state index in [1.165, 1.54) is 31.5 Å². The molecule has 14 heavy (non-hydrogen) atoms. The first-order valence-corrected chi connectivity index (χ1v) is 6.03. The van der Waals surface area contributed by atoms with Crippen molar-refractivity contribution in [2.24, 2.45) is 4.99 Å². The third kappa shape index (κ3) is 3.24. The molecule has 0 spiro atoms. The second-order valence-electron chi connectivity index (χ2n) is 3.08. The molecule has 0 aromatic carbocycles. The molecule has 0 aliphatic carbocycles. The first-order valence-electron chi connectivity index (χ1n) is 6.03. The van der Waals surface area contributed by atoms with Crippen molar-refractivity contribution < 1.29 is 4.58 Å². The lowest BCUT2D eigenvalue weighted by Crippen LogP contribution is -2.26. The van der Waals surface area contributed by atoms with Gasteiger partial charge in [-0.2, -0.15) is 0 Å². The summed E-state index contributed by atoms with van der Waals surface area (Å²) in [6.07, 6.45) is 5.96. The topological polar surface area (TPSA) is 15.4 Å². The summed E-state index contributed by atoms with van der Waals surface area (Å²) in [7, 11) is 0. The Morgan fingerprint density at radius 1 is 1.21 bits per heavy atom. The van der Waals surface area contributed by atoms with Crippen LogP contribution in [0.1, 0.15) is 53.9 Å². The van der Waals surface area contributed by atoms with Crippen LogP contribution >= 0.6 is 0 Å². The molecule has 2 nitrogen and oxygen atoms in total. The van der Waals surface area contributed by atoms with Crippen molar-refractivity contribution >= 4 is 12.1 Å². The Hall–Kier alpha value is -0.660. The first-order chi connectivity index (χ1) is 6.88. The molecule has 1 atom stereocenters. The van der Waals surface area contributed by atoms with Crippen LogP contribution in [0.5, 0.6) is 0 Å². The van der Waals surface area contributed by atoms with Crippen molar-refractivity contribution in [3.63, 3.8) is 0 Å². The number of rotatable bonds is 0. The summed E-state index contributed by atoms with van der Waals surface area (Å²) < 4.78 is 2.31. The van der Waals surface area contributed by atoms with Gasteiger partial charge in [-0.3, -0.25) is 0 Å². The molecule has 2 heterocycles. The van der Waals surface area contributed by atoms with Crippen LogP contribution in [0, 0.1) is 0 Å². The van der Waals surface area contributed by atoms with Gasteiger partial charge in [-0.05, 0) is 19.8 Å². The van der Waals surface area contributed by atoms with Crippen molar-refractivity contribution in [3.05, 3.63) is 0 Å². The second-order valence-corrected chi connectivity index (χ2v) is 3.08. The highest BCUT2D eigenvalue weighted by Crippen LogP contribution is 2.13. The molecule has 0 fully saturated rings. The van der Waals surface area contributed by atoms with Crippen molar-refractivity contribution in [1.29, 1.82) is 0 Å². The molecular formula is C12H25N2+. The quantitative estimate of drug-likeness (QED) is 0.530. The molecular weight excluding hydrogens is 172 g/mol. The highest BCUT2D eigenvalue weighted by atomic mass is 15.1. The van der Waals surface area contributed by atoms with E-state index in [-0.39, 0.29) is 0 Å². The fraction of sp³-hybridized carbons (Fsp3) is 0.833. The Kier molecular flexibility index (Phi) is 7.35. The maximum Gasteiger partial charge on any atom is 0.281 e. The summed E-state index contributed by atoms with van der Waals surface area (Å²) in [5, 5.41) is 0. The van der Waals surface area contributed by atoms with Gasteiger partial charge in [-0.25, -0.2) is 4.58 Å². The zero-order valence-electron chi connectivity index (χ0n) is 10.4. The number of hydrogen-bond acceptors (Lipinski definition) is 1. The summed E-state index contributed by atoms with van der Waals surface area (Å²) in [5.74, 6) is 0. The van der Waals surface area contributed by atoms with E-state index in [1.807, 2.05) is 34.0 Å². The highest BCUT2D eigenvalue weighted by Gasteiger charge is 2.27. The Morgan fingerprint density at radius 3 is 2.43 bits per heavy atom. The van der Waals surface area contributed by atoms with Gasteiger partial charge in [0.15, 0.2) is 6.04 Å². The van der Waals surface area contributed by atoms with Gasteiger partial charge in [-0.1, -0.05) is 32.7 Å². The lowest BCUT2D eigenvalue weighted by Gasteiger charge is -2.10. The van der Waals surface area contributed by atoms with E-state index in [4.69, 9.17) is 0 Å². The Morgan fingerprint density at radius 2 is 1.86 bits per heavy atom. The molecule has 1 unspecified atom stereocenters. The lowest BCUT2D eigenvalue weighted by atomic mass is 10.0. The van der Waals surface area contributed by atoms with Gasteiger partial charge >= 0.3 is 0 Å². The van der Waals surface area contributed by atoms with Crippen molar-refractivity contribution in [3.8, 4) is 0 Å². The van der Waals surface area contributed by atoms with Crippen molar-refractivity contribution in [2.75, 3.05) is 6.54 Å². The van der Waals surface area contributed by atoms with Crippen LogP contribution < -0.4 is 0 Å². The molecule has 0 bridgehead atoms. The van der Waals surface area contributed by atoms with Gasteiger partial charge in [0, 0.05) is 6.42 Å². The molecule has 2 aliphatic heterocycles. The molecule has 2 rings (SSSR count). The maximum atomic E-state index is 4.34. The van der Waals surface area contributed by atoms with Gasteiger partial charge in [-0.15, -0.1) is 0 Å². The molecule has 82 valence electrons. The molecule has 0 amide bonds. The zero-order valence-corrected chi connectivity index (χ0v) is 10.4. The monoisotopic (exact) mass is 197 g/mol. The van der Waals surface area contributed by atoms with Crippen LogP contribution in [0.15, 0.2) is 4.99 Å². The lowest BCUT2D eigenvalue weighted by molar-refractivity contribution is -0.402. The molecule has 0 radical (unpaired) electrons. The van der Waals surface area contributed by atoms with Gasteiger partial charge < -0.3 is 0 Å². The van der Waals surface area contributed by atoms with Crippen molar-refractivity contribution in [1.82, 2.24) is 0 Å². The van der Waals surface area contributed by atoms with E-state index in [2.05, 4.69) is 16.5 Å². The van der Waals surface area contributed by atoms with Crippen LogP contribution in [0.25, 0.3) is 0 Å². The normalized spacial score (nSPS) is 23.1.